The van der Waals surface area contributed by atoms with Crippen molar-refractivity contribution in [2.75, 3.05) is 14.2 Å². The van der Waals surface area contributed by atoms with Crippen LogP contribution in [0, 0.1) is 0 Å². The molecule has 0 aliphatic rings. The summed E-state index contributed by atoms with van der Waals surface area (Å²) in [6, 6.07) is 25.0. The molecule has 4 rings (SSSR count). The van der Waals surface area contributed by atoms with Gasteiger partial charge in [0.2, 0.25) is 0 Å². The Labute approximate surface area is 183 Å². The third-order valence-electron chi connectivity index (χ3n) is 4.88. The number of hydrogen-bond acceptors (Lipinski definition) is 2. The quantitative estimate of drug-likeness (QED) is 0.204. The normalized spacial score (nSPS) is 11.4. The zero-order chi connectivity index (χ0) is 22.6. The van der Waals surface area contributed by atoms with Crippen LogP contribution in [-0.4, -0.2) is 21.5 Å². The Morgan fingerprint density at radius 3 is 1.35 bits per heavy atom. The molecule has 162 valence electrons. The summed E-state index contributed by atoms with van der Waals surface area (Å²) in [4.78, 5) is 0. The summed E-state index contributed by atoms with van der Waals surface area (Å²) in [5.41, 5.74) is 2.22. The Morgan fingerprint density at radius 1 is 0.645 bits per heavy atom. The molecule has 0 saturated carbocycles. The fourth-order valence-electron chi connectivity index (χ4n) is 3.65. The summed E-state index contributed by atoms with van der Waals surface area (Å²) in [7, 11) is -2.57. The highest BCUT2D eigenvalue weighted by molar-refractivity contribution is 7.59. The van der Waals surface area contributed by atoms with Crippen LogP contribution in [0.25, 0.3) is 21.5 Å². The number of ether oxygens (including phenoxy) is 2. The van der Waals surface area contributed by atoms with E-state index in [1.807, 2.05) is 12.1 Å². The molecule has 0 radical (unpaired) electrons. The van der Waals surface area contributed by atoms with E-state index in [9.17, 15) is 17.3 Å². The summed E-state index contributed by atoms with van der Waals surface area (Å²) >= 11 is 4.02. The lowest BCUT2D eigenvalue weighted by Crippen LogP contribution is -2.04. The van der Waals surface area contributed by atoms with Gasteiger partial charge in [0.25, 0.3) is 0 Å². The van der Waals surface area contributed by atoms with E-state index < -0.39 is 7.25 Å². The van der Waals surface area contributed by atoms with Crippen LogP contribution in [-0.2, 0) is 12.6 Å². The molecule has 0 bridgehead atoms. The first-order valence-electron chi connectivity index (χ1n) is 9.44. The highest BCUT2D eigenvalue weighted by Crippen LogP contribution is 2.42. The molecule has 0 fully saturated rings. The molecule has 0 heterocycles. The molecule has 8 heteroatoms. The lowest BCUT2D eigenvalue weighted by Gasteiger charge is -2.18. The van der Waals surface area contributed by atoms with Gasteiger partial charge in [-0.25, -0.2) is 0 Å². The Kier molecular flexibility index (Phi) is 7.00. The minimum atomic E-state index is -6.00. The Balaban J connectivity index is 0.000000491. The van der Waals surface area contributed by atoms with Gasteiger partial charge in [-0.2, -0.15) is 0 Å². The smallest absolute Gasteiger partial charge is 0.496 e. The first-order chi connectivity index (χ1) is 14.7. The van der Waals surface area contributed by atoms with Gasteiger partial charge in [0.05, 0.1) is 25.3 Å². The lowest BCUT2D eigenvalue weighted by molar-refractivity contribution is 0.368. The van der Waals surface area contributed by atoms with Crippen LogP contribution in [0.1, 0.15) is 16.4 Å². The fourth-order valence-corrected chi connectivity index (χ4v) is 4.24. The van der Waals surface area contributed by atoms with Crippen molar-refractivity contribution in [3.8, 4) is 11.5 Å². The predicted octanol–water partition coefficient (Wildman–Crippen LogP) is 6.41. The van der Waals surface area contributed by atoms with Crippen LogP contribution in [0.15, 0.2) is 72.8 Å². The van der Waals surface area contributed by atoms with Crippen LogP contribution in [0.3, 0.4) is 0 Å². The third-order valence-corrected chi connectivity index (χ3v) is 5.46. The van der Waals surface area contributed by atoms with Crippen LogP contribution in [0.2, 0.25) is 0 Å². The molecule has 0 spiro atoms. The maximum atomic E-state index is 9.75. The Morgan fingerprint density at radius 2 is 1.00 bits per heavy atom. The van der Waals surface area contributed by atoms with Gasteiger partial charge in [-0.3, -0.25) is 0 Å². The van der Waals surface area contributed by atoms with Crippen LogP contribution >= 0.6 is 0 Å². The second-order valence-corrected chi connectivity index (χ2v) is 7.31. The van der Waals surface area contributed by atoms with Crippen molar-refractivity contribution in [1.82, 2.24) is 0 Å². The number of benzene rings is 4. The largest absolute Gasteiger partial charge is 0.673 e. The average molecular weight is 448 g/mol. The van der Waals surface area contributed by atoms with Gasteiger partial charge in [-0.1, -0.05) is 60.7 Å². The van der Waals surface area contributed by atoms with Crippen LogP contribution < -0.4 is 9.47 Å². The number of methoxy groups -OCH3 is 2. The highest BCUT2D eigenvalue weighted by atomic mass is 32.1. The molecule has 4 aromatic rings. The first kappa shape index (κ1) is 22.8. The molecule has 0 amide bonds. The van der Waals surface area contributed by atoms with Gasteiger partial charge in [-0.15, -0.1) is 0 Å². The molecule has 0 atom stereocenters. The van der Waals surface area contributed by atoms with Crippen molar-refractivity contribution in [3.63, 3.8) is 0 Å². The molecule has 0 saturated heterocycles. The molecular formula is C23H21BF4O2S. The van der Waals surface area contributed by atoms with Gasteiger partial charge < -0.3 is 26.7 Å². The molecule has 0 unspecified atom stereocenters. The predicted molar refractivity (Wildman–Crippen MR) is 123 cm³/mol. The number of hydrogen-bond donors (Lipinski definition) is 0. The summed E-state index contributed by atoms with van der Waals surface area (Å²) in [5, 5.41) is 4.64. The van der Waals surface area contributed by atoms with Crippen molar-refractivity contribution in [2.45, 2.75) is 5.25 Å². The van der Waals surface area contributed by atoms with Gasteiger partial charge in [0, 0.05) is 0 Å². The number of fused-ring (bicyclic) bond motifs is 2. The topological polar surface area (TPSA) is 18.5 Å². The highest BCUT2D eigenvalue weighted by Gasteiger charge is 2.27. The number of rotatable bonds is 4. The summed E-state index contributed by atoms with van der Waals surface area (Å²) in [6.07, 6.45) is 0. The van der Waals surface area contributed by atoms with E-state index >= 15 is 0 Å². The first-order valence-corrected chi connectivity index (χ1v) is 10.0. The summed E-state index contributed by atoms with van der Waals surface area (Å²) in [5.74, 6) is 1.72. The molecule has 0 aliphatic carbocycles. The second-order valence-electron chi connectivity index (χ2n) is 6.73. The molecule has 0 aromatic heterocycles. The fraction of sp³-hybridized carbons (Fsp3) is 0.130. The van der Waals surface area contributed by atoms with E-state index in [4.69, 9.17) is 9.47 Å². The van der Waals surface area contributed by atoms with E-state index in [-0.39, 0.29) is 5.25 Å². The molecule has 0 aliphatic heterocycles. The zero-order valence-corrected chi connectivity index (χ0v) is 17.9. The lowest BCUT2D eigenvalue weighted by atomic mass is 9.93. The third kappa shape index (κ3) is 5.25. The van der Waals surface area contributed by atoms with E-state index in [2.05, 4.69) is 73.3 Å². The van der Waals surface area contributed by atoms with Gasteiger partial charge in [0.15, 0.2) is 5.25 Å². The monoisotopic (exact) mass is 448 g/mol. The van der Waals surface area contributed by atoms with Gasteiger partial charge in [0.1, 0.15) is 11.5 Å². The zero-order valence-electron chi connectivity index (χ0n) is 16.9. The van der Waals surface area contributed by atoms with E-state index in [1.54, 1.807) is 14.2 Å². The van der Waals surface area contributed by atoms with E-state index in [0.717, 1.165) is 22.6 Å². The standard InChI is InChI=1S/C23H20O2S.BF4/c1-24-19-13-11-15-7-3-5-9-17(15)21(19)23(26)22-18-10-6-4-8-16(18)12-14-20(22)25-2;2-1(3,4)5/h3-14,23,26H,1-2H3;/q;-1/p+1. The van der Waals surface area contributed by atoms with E-state index in [0.29, 0.717) is 0 Å². The molecule has 0 N–H and O–H groups in total. The van der Waals surface area contributed by atoms with Gasteiger partial charge >= 0.3 is 7.25 Å². The summed E-state index contributed by atoms with van der Waals surface area (Å²) < 4.78 is 50.4. The molecular weight excluding hydrogens is 427 g/mol. The molecule has 31 heavy (non-hydrogen) atoms. The van der Waals surface area contributed by atoms with Crippen LogP contribution in [0.4, 0.5) is 17.3 Å². The maximum Gasteiger partial charge on any atom is 0.673 e. The van der Waals surface area contributed by atoms with Crippen molar-refractivity contribution in [1.29, 1.82) is 0 Å². The maximum absolute atomic E-state index is 9.75. The Bertz CT molecular complexity index is 1100. The minimum Gasteiger partial charge on any atom is -0.496 e. The molecule has 4 aromatic carbocycles. The molecule has 2 nitrogen and oxygen atoms in total. The van der Waals surface area contributed by atoms with Crippen molar-refractivity contribution < 1.29 is 26.7 Å². The van der Waals surface area contributed by atoms with E-state index in [1.165, 1.54) is 21.5 Å². The van der Waals surface area contributed by atoms with Crippen LogP contribution in [0.5, 0.6) is 11.5 Å². The van der Waals surface area contributed by atoms with Crippen molar-refractivity contribution >= 4 is 41.4 Å². The summed E-state index contributed by atoms with van der Waals surface area (Å²) in [6.45, 7) is 0. The minimum absolute atomic E-state index is 0.0721. The number of halogens is 4. The Hall–Kier alpha value is -2.87. The van der Waals surface area contributed by atoms with Crippen molar-refractivity contribution in [3.05, 3.63) is 83.9 Å². The van der Waals surface area contributed by atoms with Crippen molar-refractivity contribution in [2.24, 2.45) is 0 Å². The van der Waals surface area contributed by atoms with Gasteiger partial charge in [-0.05, 0) is 46.3 Å². The SMILES string of the molecule is COc1ccc2ccccc2c1C([SH2+])c1c(OC)ccc2ccccc12.F[B-](F)(F)F. The second kappa shape index (κ2) is 9.51. The average Bonchev–Trinajstić information content (AvgIpc) is 2.75.